The van der Waals surface area contributed by atoms with Crippen LogP contribution in [0.4, 0.5) is 5.69 Å². The van der Waals surface area contributed by atoms with Gasteiger partial charge in [-0.1, -0.05) is 18.2 Å². The van der Waals surface area contributed by atoms with Crippen molar-refractivity contribution in [1.82, 2.24) is 9.97 Å². The number of aromatic nitrogens is 2. The van der Waals surface area contributed by atoms with E-state index in [1.165, 1.54) is 25.4 Å². The van der Waals surface area contributed by atoms with Crippen molar-refractivity contribution in [3.63, 3.8) is 0 Å². The molecule has 0 aliphatic heterocycles. The lowest BCUT2D eigenvalue weighted by Gasteiger charge is -2.19. The van der Waals surface area contributed by atoms with Gasteiger partial charge < -0.3 is 10.1 Å². The largest absolute Gasteiger partial charge is 0.477 e. The van der Waals surface area contributed by atoms with Crippen LogP contribution >= 0.6 is 0 Å². The van der Waals surface area contributed by atoms with Crippen molar-refractivity contribution in [3.8, 4) is 0 Å². The van der Waals surface area contributed by atoms with Crippen molar-refractivity contribution in [3.05, 3.63) is 54.4 Å². The molecule has 0 spiro atoms. The first kappa shape index (κ1) is 15.0. The van der Waals surface area contributed by atoms with Crippen molar-refractivity contribution in [1.29, 1.82) is 0 Å². The van der Waals surface area contributed by atoms with E-state index in [9.17, 15) is 13.2 Å². The molecule has 8 heteroatoms. The quantitative estimate of drug-likeness (QED) is 0.762. The van der Waals surface area contributed by atoms with Gasteiger partial charge >= 0.3 is 5.97 Å². The number of aromatic carboxylic acids is 1. The maximum Gasteiger partial charge on any atom is 0.352 e. The molecule has 3 aromatic rings. The summed E-state index contributed by atoms with van der Waals surface area (Å²) in [6.07, 6.45) is 1.40. The van der Waals surface area contributed by atoms with Crippen molar-refractivity contribution in [2.75, 3.05) is 11.4 Å². The predicted octanol–water partition coefficient (Wildman–Crippen LogP) is 2.09. The fourth-order valence-corrected chi connectivity index (χ4v) is 3.42. The maximum atomic E-state index is 12.7. The summed E-state index contributed by atoms with van der Waals surface area (Å²) < 4.78 is 26.4. The average Bonchev–Trinajstić information content (AvgIpc) is 2.99. The minimum atomic E-state index is -3.84. The highest BCUT2D eigenvalue weighted by Gasteiger charge is 2.24. The zero-order valence-electron chi connectivity index (χ0n) is 12.1. The molecule has 7 nitrogen and oxygen atoms in total. The average molecular weight is 331 g/mol. The first-order valence-corrected chi connectivity index (χ1v) is 8.10. The molecule has 2 N–H and O–H groups in total. The van der Waals surface area contributed by atoms with E-state index >= 15 is 0 Å². The van der Waals surface area contributed by atoms with Gasteiger partial charge in [0, 0.05) is 18.6 Å². The Kier molecular flexibility index (Phi) is 3.53. The third-order valence-electron chi connectivity index (χ3n) is 3.47. The molecule has 0 unspecified atom stereocenters. The number of aromatic amines is 1. The second-order valence-corrected chi connectivity index (χ2v) is 6.79. The van der Waals surface area contributed by atoms with E-state index in [0.29, 0.717) is 16.6 Å². The smallest absolute Gasteiger partial charge is 0.352 e. The van der Waals surface area contributed by atoms with E-state index in [1.807, 2.05) is 0 Å². The molecule has 23 heavy (non-hydrogen) atoms. The third-order valence-corrected chi connectivity index (χ3v) is 5.15. The zero-order chi connectivity index (χ0) is 16.6. The summed E-state index contributed by atoms with van der Waals surface area (Å²) in [5.74, 6) is -1.11. The monoisotopic (exact) mass is 331 g/mol. The Labute approximate surface area is 132 Å². The summed E-state index contributed by atoms with van der Waals surface area (Å²) in [6.45, 7) is 0. The summed E-state index contributed by atoms with van der Waals surface area (Å²) in [5, 5.41) is 9.61. The van der Waals surface area contributed by atoms with Crippen LogP contribution < -0.4 is 4.31 Å². The first-order valence-electron chi connectivity index (χ1n) is 6.66. The van der Waals surface area contributed by atoms with E-state index in [4.69, 9.17) is 5.11 Å². The number of pyridine rings is 1. The summed E-state index contributed by atoms with van der Waals surface area (Å²) in [4.78, 5) is 17.7. The molecule has 0 radical (unpaired) electrons. The number of hydrogen-bond donors (Lipinski definition) is 2. The number of benzene rings is 1. The summed E-state index contributed by atoms with van der Waals surface area (Å²) in [7, 11) is -2.44. The Morgan fingerprint density at radius 2 is 2.00 bits per heavy atom. The van der Waals surface area contributed by atoms with E-state index < -0.39 is 16.0 Å². The number of sulfonamides is 1. The van der Waals surface area contributed by atoms with Crippen LogP contribution in [0.25, 0.3) is 10.9 Å². The Hall–Kier alpha value is -2.87. The predicted molar refractivity (Wildman–Crippen MR) is 85.1 cm³/mol. The van der Waals surface area contributed by atoms with Crippen LogP contribution in [-0.4, -0.2) is 36.5 Å². The van der Waals surface area contributed by atoms with Crippen LogP contribution in [-0.2, 0) is 10.0 Å². The fourth-order valence-electron chi connectivity index (χ4n) is 2.29. The zero-order valence-corrected chi connectivity index (χ0v) is 12.9. The first-order chi connectivity index (χ1) is 10.9. The summed E-state index contributed by atoms with van der Waals surface area (Å²) in [6, 6.07) is 11.1. The highest BCUT2D eigenvalue weighted by molar-refractivity contribution is 7.92. The lowest BCUT2D eigenvalue weighted by Crippen LogP contribution is -2.27. The fraction of sp³-hybridized carbons (Fsp3) is 0.0667. The SMILES string of the molecule is CN(c1cccc2cc(C(=O)O)[nH]c12)S(=O)(=O)c1ccccn1. The van der Waals surface area contributed by atoms with Crippen LogP contribution in [0, 0.1) is 0 Å². The molecule has 0 saturated carbocycles. The molecule has 0 atom stereocenters. The number of carbonyl (C=O) groups is 1. The molecule has 118 valence electrons. The number of nitrogens with zero attached hydrogens (tertiary/aromatic N) is 2. The number of anilines is 1. The lowest BCUT2D eigenvalue weighted by atomic mass is 10.2. The topological polar surface area (TPSA) is 103 Å². The van der Waals surface area contributed by atoms with Crippen molar-refractivity contribution >= 4 is 32.6 Å². The second-order valence-electron chi connectivity index (χ2n) is 4.87. The lowest BCUT2D eigenvalue weighted by molar-refractivity contribution is 0.0691. The number of para-hydroxylation sites is 1. The van der Waals surface area contributed by atoms with Crippen LogP contribution in [0.15, 0.2) is 53.7 Å². The van der Waals surface area contributed by atoms with Crippen molar-refractivity contribution in [2.45, 2.75) is 5.03 Å². The number of H-pyrrole nitrogens is 1. The molecule has 0 amide bonds. The van der Waals surface area contributed by atoms with Gasteiger partial charge in [-0.05, 0) is 24.3 Å². The highest BCUT2D eigenvalue weighted by atomic mass is 32.2. The Morgan fingerprint density at radius 3 is 2.65 bits per heavy atom. The molecule has 0 aliphatic carbocycles. The van der Waals surface area contributed by atoms with Crippen LogP contribution in [0.5, 0.6) is 0 Å². The number of rotatable bonds is 4. The number of carboxylic acids is 1. The van der Waals surface area contributed by atoms with Gasteiger partial charge in [-0.25, -0.2) is 9.78 Å². The van der Waals surface area contributed by atoms with E-state index in [0.717, 1.165) is 4.31 Å². The molecule has 2 heterocycles. The highest BCUT2D eigenvalue weighted by Crippen LogP contribution is 2.29. The molecule has 0 aliphatic rings. The maximum absolute atomic E-state index is 12.7. The number of hydrogen-bond acceptors (Lipinski definition) is 4. The van der Waals surface area contributed by atoms with Crippen LogP contribution in [0.1, 0.15) is 10.5 Å². The number of carboxylic acid groups (broad SMARTS) is 1. The molecular weight excluding hydrogens is 318 g/mol. The standard InChI is InChI=1S/C15H13N3O4S/c1-18(23(21,22)13-7-2-3-8-16-13)12-6-4-5-10-9-11(15(19)20)17-14(10)12/h2-9,17H,1H3,(H,19,20). The van der Waals surface area contributed by atoms with E-state index in [1.54, 1.807) is 30.3 Å². The van der Waals surface area contributed by atoms with Crippen molar-refractivity contribution in [2.24, 2.45) is 0 Å². The van der Waals surface area contributed by atoms with E-state index in [2.05, 4.69) is 9.97 Å². The van der Waals surface area contributed by atoms with Gasteiger partial charge in [0.1, 0.15) is 5.69 Å². The Morgan fingerprint density at radius 1 is 1.22 bits per heavy atom. The van der Waals surface area contributed by atoms with Gasteiger partial charge in [-0.2, -0.15) is 8.42 Å². The molecule has 3 rings (SSSR count). The number of nitrogens with one attached hydrogen (secondary N) is 1. The molecule has 2 aromatic heterocycles. The van der Waals surface area contributed by atoms with Crippen LogP contribution in [0.2, 0.25) is 0 Å². The molecule has 1 aromatic carbocycles. The molecular formula is C15H13N3O4S. The van der Waals surface area contributed by atoms with Crippen LogP contribution in [0.3, 0.4) is 0 Å². The minimum absolute atomic E-state index is 0.00363. The normalized spacial score (nSPS) is 11.5. The molecule has 0 bridgehead atoms. The van der Waals surface area contributed by atoms with Gasteiger partial charge in [0.25, 0.3) is 10.0 Å². The minimum Gasteiger partial charge on any atom is -0.477 e. The number of fused-ring (bicyclic) bond motifs is 1. The van der Waals surface area contributed by atoms with Gasteiger partial charge in [0.05, 0.1) is 11.2 Å². The van der Waals surface area contributed by atoms with E-state index in [-0.39, 0.29) is 10.7 Å². The van der Waals surface area contributed by atoms with Gasteiger partial charge in [-0.3, -0.25) is 4.31 Å². The van der Waals surface area contributed by atoms with Gasteiger partial charge in [0.2, 0.25) is 0 Å². The third kappa shape index (κ3) is 2.53. The van der Waals surface area contributed by atoms with Crippen molar-refractivity contribution < 1.29 is 18.3 Å². The Balaban J connectivity index is 2.15. The van der Waals surface area contributed by atoms with Gasteiger partial charge in [0.15, 0.2) is 5.03 Å². The summed E-state index contributed by atoms with van der Waals surface area (Å²) in [5.41, 5.74) is 0.781. The Bertz CT molecular complexity index is 980. The molecule has 0 saturated heterocycles. The second kappa shape index (κ2) is 5.40. The summed E-state index contributed by atoms with van der Waals surface area (Å²) >= 11 is 0. The van der Waals surface area contributed by atoms with Gasteiger partial charge in [-0.15, -0.1) is 0 Å². The molecule has 0 fully saturated rings.